The van der Waals surface area contributed by atoms with Crippen LogP contribution in [0.5, 0.6) is 0 Å². The van der Waals surface area contributed by atoms with E-state index in [-0.39, 0.29) is 17.7 Å². The van der Waals surface area contributed by atoms with Gasteiger partial charge in [-0.3, -0.25) is 4.79 Å². The summed E-state index contributed by atoms with van der Waals surface area (Å²) in [5, 5.41) is 14.7. The standard InChI is InChI=1S/C21H22N4O4S/c26-19(13-30-21-23-22-20(29-21)14-6-2-1-3-7-14)25-16(18-9-5-11-28-18)12-15(24-25)17-8-4-10-27-17/h4-5,8-11,14,16H,1-3,6-7,12-13H2. The van der Waals surface area contributed by atoms with Gasteiger partial charge in [-0.2, -0.15) is 5.10 Å². The molecule has 0 saturated heterocycles. The van der Waals surface area contributed by atoms with E-state index in [9.17, 15) is 4.79 Å². The fourth-order valence-corrected chi connectivity index (χ4v) is 4.64. The number of amides is 1. The van der Waals surface area contributed by atoms with Gasteiger partial charge < -0.3 is 13.3 Å². The Labute approximate surface area is 177 Å². The van der Waals surface area contributed by atoms with Crippen LogP contribution in [-0.2, 0) is 4.79 Å². The Balaban J connectivity index is 1.27. The lowest BCUT2D eigenvalue weighted by atomic mass is 9.89. The molecule has 9 heteroatoms. The van der Waals surface area contributed by atoms with Gasteiger partial charge in [-0.1, -0.05) is 31.0 Å². The lowest BCUT2D eigenvalue weighted by Gasteiger charge is -2.19. The first-order chi connectivity index (χ1) is 14.8. The van der Waals surface area contributed by atoms with Crippen molar-refractivity contribution in [1.82, 2.24) is 15.2 Å². The van der Waals surface area contributed by atoms with Gasteiger partial charge in [0.15, 0.2) is 0 Å². The van der Waals surface area contributed by atoms with Crippen LogP contribution >= 0.6 is 11.8 Å². The summed E-state index contributed by atoms with van der Waals surface area (Å²) in [6.45, 7) is 0. The van der Waals surface area contributed by atoms with Crippen molar-refractivity contribution in [2.45, 2.75) is 55.7 Å². The molecule has 30 heavy (non-hydrogen) atoms. The summed E-state index contributed by atoms with van der Waals surface area (Å²) in [5.74, 6) is 2.38. The number of thioether (sulfide) groups is 1. The number of carbonyl (C=O) groups excluding carboxylic acids is 1. The monoisotopic (exact) mass is 426 g/mol. The highest BCUT2D eigenvalue weighted by atomic mass is 32.2. The molecule has 3 aromatic heterocycles. The molecule has 0 spiro atoms. The molecule has 2 aliphatic rings. The third kappa shape index (κ3) is 3.94. The molecule has 3 aromatic rings. The molecule has 1 saturated carbocycles. The van der Waals surface area contributed by atoms with Gasteiger partial charge in [-0.25, -0.2) is 5.01 Å². The average Bonchev–Trinajstić information content (AvgIpc) is 3.57. The second kappa shape index (κ2) is 8.51. The van der Waals surface area contributed by atoms with E-state index in [1.54, 1.807) is 18.6 Å². The number of furan rings is 2. The van der Waals surface area contributed by atoms with E-state index in [1.165, 1.54) is 36.0 Å². The molecule has 1 aliphatic heterocycles. The Morgan fingerprint density at radius 2 is 1.93 bits per heavy atom. The Bertz CT molecular complexity index is 1010. The van der Waals surface area contributed by atoms with Crippen LogP contribution in [0.15, 0.2) is 60.4 Å². The zero-order valence-electron chi connectivity index (χ0n) is 16.4. The van der Waals surface area contributed by atoms with Crippen LogP contribution in [0.3, 0.4) is 0 Å². The van der Waals surface area contributed by atoms with Crippen LogP contribution in [0.2, 0.25) is 0 Å². The van der Waals surface area contributed by atoms with Gasteiger partial charge in [0.05, 0.1) is 18.3 Å². The maximum atomic E-state index is 13.0. The number of nitrogens with zero attached hydrogens (tertiary/aromatic N) is 4. The molecule has 8 nitrogen and oxygen atoms in total. The van der Waals surface area contributed by atoms with E-state index < -0.39 is 0 Å². The highest BCUT2D eigenvalue weighted by Crippen LogP contribution is 2.35. The quantitative estimate of drug-likeness (QED) is 0.523. The van der Waals surface area contributed by atoms with E-state index in [4.69, 9.17) is 13.3 Å². The van der Waals surface area contributed by atoms with Gasteiger partial charge >= 0.3 is 0 Å². The molecule has 1 aliphatic carbocycles. The van der Waals surface area contributed by atoms with Crippen molar-refractivity contribution >= 4 is 23.4 Å². The minimum Gasteiger partial charge on any atom is -0.467 e. The molecule has 156 valence electrons. The summed E-state index contributed by atoms with van der Waals surface area (Å²) >= 11 is 1.24. The van der Waals surface area contributed by atoms with Crippen LogP contribution in [-0.4, -0.2) is 32.6 Å². The number of carbonyl (C=O) groups is 1. The van der Waals surface area contributed by atoms with Gasteiger partial charge in [0.1, 0.15) is 23.3 Å². The first-order valence-electron chi connectivity index (χ1n) is 10.2. The van der Waals surface area contributed by atoms with E-state index in [0.717, 1.165) is 18.6 Å². The van der Waals surface area contributed by atoms with Crippen LogP contribution in [0.4, 0.5) is 0 Å². The first kappa shape index (κ1) is 19.2. The normalized spacial score (nSPS) is 19.9. The zero-order valence-corrected chi connectivity index (χ0v) is 17.2. The lowest BCUT2D eigenvalue weighted by molar-refractivity contribution is -0.130. The molecule has 1 atom stereocenters. The van der Waals surface area contributed by atoms with Gasteiger partial charge in [0, 0.05) is 12.3 Å². The summed E-state index contributed by atoms with van der Waals surface area (Å²) in [7, 11) is 0. The summed E-state index contributed by atoms with van der Waals surface area (Å²) in [6, 6.07) is 7.01. The second-order valence-electron chi connectivity index (χ2n) is 7.53. The van der Waals surface area contributed by atoms with Crippen molar-refractivity contribution in [2.24, 2.45) is 5.10 Å². The SMILES string of the molecule is O=C(CSc1nnc(C2CCCCC2)o1)N1N=C(c2ccco2)CC1c1ccco1. The van der Waals surface area contributed by atoms with Gasteiger partial charge in [0.2, 0.25) is 5.89 Å². The summed E-state index contributed by atoms with van der Waals surface area (Å²) in [5.41, 5.74) is 0.720. The number of hydrogen-bond donors (Lipinski definition) is 0. The Hall–Kier alpha value is -2.81. The molecule has 5 rings (SSSR count). The molecule has 1 amide bonds. The van der Waals surface area contributed by atoms with Crippen molar-refractivity contribution in [2.75, 3.05) is 5.75 Å². The summed E-state index contributed by atoms with van der Waals surface area (Å²) < 4.78 is 16.8. The van der Waals surface area contributed by atoms with Crippen LogP contribution in [0.1, 0.15) is 67.9 Å². The van der Waals surface area contributed by atoms with E-state index in [1.807, 2.05) is 18.2 Å². The largest absolute Gasteiger partial charge is 0.467 e. The molecular weight excluding hydrogens is 404 g/mol. The fourth-order valence-electron chi connectivity index (χ4n) is 4.02. The van der Waals surface area contributed by atoms with Crippen molar-refractivity contribution in [3.63, 3.8) is 0 Å². The first-order valence-corrected chi connectivity index (χ1v) is 11.2. The van der Waals surface area contributed by atoms with Crippen LogP contribution in [0.25, 0.3) is 0 Å². The number of rotatable bonds is 6. The third-order valence-corrected chi connectivity index (χ3v) is 6.34. The lowest BCUT2D eigenvalue weighted by Crippen LogP contribution is -2.28. The van der Waals surface area contributed by atoms with Crippen molar-refractivity contribution in [3.8, 4) is 0 Å². The van der Waals surface area contributed by atoms with Gasteiger partial charge in [-0.05, 0) is 37.1 Å². The Morgan fingerprint density at radius 3 is 2.70 bits per heavy atom. The molecule has 4 heterocycles. The van der Waals surface area contributed by atoms with Crippen LogP contribution in [0, 0.1) is 0 Å². The maximum Gasteiger partial charge on any atom is 0.277 e. The van der Waals surface area contributed by atoms with E-state index in [2.05, 4.69) is 15.3 Å². The van der Waals surface area contributed by atoms with E-state index in [0.29, 0.717) is 35.0 Å². The molecule has 0 aromatic carbocycles. The van der Waals surface area contributed by atoms with Gasteiger partial charge in [0.25, 0.3) is 11.1 Å². The minimum absolute atomic E-state index is 0.151. The molecule has 1 fully saturated rings. The Kier molecular flexibility index (Phi) is 5.44. The topological polar surface area (TPSA) is 97.9 Å². The molecule has 0 bridgehead atoms. The van der Waals surface area contributed by atoms with Crippen LogP contribution < -0.4 is 0 Å². The average molecular weight is 426 g/mol. The summed E-state index contributed by atoms with van der Waals surface area (Å²) in [4.78, 5) is 13.0. The smallest absolute Gasteiger partial charge is 0.277 e. The summed E-state index contributed by atoms with van der Waals surface area (Å²) in [6.07, 6.45) is 9.59. The number of aromatic nitrogens is 2. The van der Waals surface area contributed by atoms with Gasteiger partial charge in [-0.15, -0.1) is 10.2 Å². The minimum atomic E-state index is -0.298. The molecule has 1 unspecified atom stereocenters. The Morgan fingerprint density at radius 1 is 1.10 bits per heavy atom. The zero-order chi connectivity index (χ0) is 20.3. The molecule has 0 radical (unpaired) electrons. The predicted molar refractivity (Wildman–Crippen MR) is 109 cm³/mol. The maximum absolute atomic E-state index is 13.0. The third-order valence-electron chi connectivity index (χ3n) is 5.54. The van der Waals surface area contributed by atoms with Crippen molar-refractivity contribution in [1.29, 1.82) is 0 Å². The molecular formula is C21H22N4O4S. The highest BCUT2D eigenvalue weighted by Gasteiger charge is 2.35. The van der Waals surface area contributed by atoms with Crippen molar-refractivity contribution < 1.29 is 18.0 Å². The molecule has 0 N–H and O–H groups in total. The predicted octanol–water partition coefficient (Wildman–Crippen LogP) is 4.77. The highest BCUT2D eigenvalue weighted by molar-refractivity contribution is 7.99. The number of hydrazone groups is 1. The van der Waals surface area contributed by atoms with Crippen molar-refractivity contribution in [3.05, 3.63) is 54.2 Å². The van der Waals surface area contributed by atoms with E-state index >= 15 is 0 Å². The second-order valence-corrected chi connectivity index (χ2v) is 8.45. The number of hydrogen-bond acceptors (Lipinski definition) is 8. The fraction of sp³-hybridized carbons (Fsp3) is 0.429.